The van der Waals surface area contributed by atoms with Crippen molar-refractivity contribution >= 4 is 34.5 Å². The lowest BCUT2D eigenvalue weighted by molar-refractivity contribution is 0.102. The molecule has 6 heteroatoms. The van der Waals surface area contributed by atoms with Crippen LogP contribution >= 0.6 is 22.9 Å². The highest BCUT2D eigenvalue weighted by Crippen LogP contribution is 2.25. The first-order chi connectivity index (χ1) is 11.5. The second-order valence-corrected chi connectivity index (χ2v) is 7.79. The Labute approximate surface area is 151 Å². The van der Waals surface area contributed by atoms with Gasteiger partial charge in [-0.3, -0.25) is 9.69 Å². The summed E-state index contributed by atoms with van der Waals surface area (Å²) in [4.78, 5) is 20.3. The van der Waals surface area contributed by atoms with Crippen LogP contribution in [0, 0.1) is 13.8 Å². The monoisotopic (exact) mass is 363 g/mol. The van der Waals surface area contributed by atoms with Gasteiger partial charge in [-0.05, 0) is 57.5 Å². The third-order valence-corrected chi connectivity index (χ3v) is 5.68. The van der Waals surface area contributed by atoms with E-state index in [1.807, 2.05) is 26.0 Å². The minimum Gasteiger partial charge on any atom is -0.321 e. The fraction of sp³-hybridized carbons (Fsp3) is 0.444. The van der Waals surface area contributed by atoms with Crippen molar-refractivity contribution in [2.24, 2.45) is 0 Å². The van der Waals surface area contributed by atoms with Crippen molar-refractivity contribution in [2.45, 2.75) is 39.7 Å². The van der Waals surface area contributed by atoms with Gasteiger partial charge in [-0.1, -0.05) is 24.1 Å². The first-order valence-electron chi connectivity index (χ1n) is 8.29. The number of aryl methyl sites for hydroxylation is 2. The normalized spacial score (nSPS) is 15.5. The van der Waals surface area contributed by atoms with Gasteiger partial charge in [-0.15, -0.1) is 11.3 Å². The summed E-state index contributed by atoms with van der Waals surface area (Å²) in [6.07, 6.45) is 3.83. The molecule has 1 N–H and O–H groups in total. The lowest BCUT2D eigenvalue weighted by Gasteiger charge is -2.25. The van der Waals surface area contributed by atoms with Crippen LogP contribution in [0.3, 0.4) is 0 Å². The number of piperidine rings is 1. The van der Waals surface area contributed by atoms with E-state index in [1.54, 1.807) is 6.07 Å². The zero-order valence-electron chi connectivity index (χ0n) is 14.1. The molecule has 4 nitrogen and oxygen atoms in total. The van der Waals surface area contributed by atoms with Gasteiger partial charge in [-0.2, -0.15) is 0 Å². The van der Waals surface area contributed by atoms with E-state index in [2.05, 4.69) is 15.2 Å². The highest BCUT2D eigenvalue weighted by Gasteiger charge is 2.18. The van der Waals surface area contributed by atoms with Crippen LogP contribution in [0.4, 0.5) is 5.69 Å². The molecule has 0 spiro atoms. The Kier molecular flexibility index (Phi) is 5.54. The Bertz CT molecular complexity index is 738. The van der Waals surface area contributed by atoms with Crippen molar-refractivity contribution in [3.63, 3.8) is 0 Å². The van der Waals surface area contributed by atoms with E-state index in [0.717, 1.165) is 41.6 Å². The van der Waals surface area contributed by atoms with Gasteiger partial charge in [0.1, 0.15) is 9.88 Å². The maximum Gasteiger partial charge on any atom is 0.267 e. The molecule has 0 aliphatic carbocycles. The van der Waals surface area contributed by atoms with E-state index in [9.17, 15) is 4.79 Å². The fourth-order valence-corrected chi connectivity index (χ4v) is 4.12. The number of aromatic nitrogens is 1. The molecule has 1 amide bonds. The average Bonchev–Trinajstić information content (AvgIpc) is 2.92. The second kappa shape index (κ2) is 7.64. The number of carbonyl (C=O) groups is 1. The van der Waals surface area contributed by atoms with Crippen LogP contribution in [-0.4, -0.2) is 28.9 Å². The van der Waals surface area contributed by atoms with Gasteiger partial charge in [-0.25, -0.2) is 4.98 Å². The summed E-state index contributed by atoms with van der Waals surface area (Å²) >= 11 is 7.52. The molecule has 0 radical (unpaired) electrons. The molecule has 3 rings (SSSR count). The molecule has 128 valence electrons. The molecular formula is C18H22ClN3OS. The van der Waals surface area contributed by atoms with Gasteiger partial charge in [0, 0.05) is 10.7 Å². The summed E-state index contributed by atoms with van der Waals surface area (Å²) in [5.41, 5.74) is 2.53. The van der Waals surface area contributed by atoms with E-state index < -0.39 is 0 Å². The van der Waals surface area contributed by atoms with Crippen molar-refractivity contribution in [2.75, 3.05) is 18.4 Å². The number of halogens is 1. The molecule has 2 aromatic rings. The number of nitrogens with zero attached hydrogens (tertiary/aromatic N) is 2. The van der Waals surface area contributed by atoms with Gasteiger partial charge in [0.2, 0.25) is 0 Å². The largest absolute Gasteiger partial charge is 0.321 e. The molecule has 1 aliphatic heterocycles. The lowest BCUT2D eigenvalue weighted by Crippen LogP contribution is -2.28. The van der Waals surface area contributed by atoms with Crippen LogP contribution in [0.15, 0.2) is 18.2 Å². The standard InChI is InChI=1S/C18H22ClN3OS/c1-12-6-7-14(19)10-15(12)21-18(23)17-13(2)20-16(24-17)11-22-8-4-3-5-9-22/h6-7,10H,3-5,8-9,11H2,1-2H3,(H,21,23). The van der Waals surface area contributed by atoms with Gasteiger partial charge in [0.25, 0.3) is 5.91 Å². The molecule has 0 bridgehead atoms. The van der Waals surface area contributed by atoms with Crippen LogP contribution in [0.5, 0.6) is 0 Å². The van der Waals surface area contributed by atoms with Gasteiger partial charge in [0.05, 0.1) is 12.2 Å². The zero-order chi connectivity index (χ0) is 17.1. The number of thiazole rings is 1. The number of nitrogens with one attached hydrogen (secondary N) is 1. The minimum atomic E-state index is -0.111. The molecule has 1 aromatic carbocycles. The molecule has 0 atom stereocenters. The summed E-state index contributed by atoms with van der Waals surface area (Å²) < 4.78 is 0. The summed E-state index contributed by atoms with van der Waals surface area (Å²) in [6.45, 7) is 6.95. The first-order valence-corrected chi connectivity index (χ1v) is 9.48. The second-order valence-electron chi connectivity index (χ2n) is 6.27. The molecule has 1 fully saturated rings. The third kappa shape index (κ3) is 4.15. The number of hydrogen-bond donors (Lipinski definition) is 1. The van der Waals surface area contributed by atoms with Crippen LogP contribution in [-0.2, 0) is 6.54 Å². The molecular weight excluding hydrogens is 342 g/mol. The maximum atomic E-state index is 12.6. The number of likely N-dealkylation sites (tertiary alicyclic amines) is 1. The summed E-state index contributed by atoms with van der Waals surface area (Å²) in [5.74, 6) is -0.111. The zero-order valence-corrected chi connectivity index (χ0v) is 15.6. The smallest absolute Gasteiger partial charge is 0.267 e. The predicted octanol–water partition coefficient (Wildman–Crippen LogP) is 4.65. The quantitative estimate of drug-likeness (QED) is 0.859. The molecule has 1 saturated heterocycles. The van der Waals surface area contributed by atoms with Crippen molar-refractivity contribution in [3.8, 4) is 0 Å². The Morgan fingerprint density at radius 1 is 1.29 bits per heavy atom. The van der Waals surface area contributed by atoms with Crippen molar-refractivity contribution in [1.29, 1.82) is 0 Å². The number of benzene rings is 1. The Hall–Kier alpha value is -1.43. The summed E-state index contributed by atoms with van der Waals surface area (Å²) in [7, 11) is 0. The van der Waals surface area contributed by atoms with Crippen molar-refractivity contribution < 1.29 is 4.79 Å². The highest BCUT2D eigenvalue weighted by atomic mass is 35.5. The molecule has 2 heterocycles. The van der Waals surface area contributed by atoms with Crippen molar-refractivity contribution in [3.05, 3.63) is 44.4 Å². The van der Waals surface area contributed by atoms with Gasteiger partial charge in [0.15, 0.2) is 0 Å². The SMILES string of the molecule is Cc1ccc(Cl)cc1NC(=O)c1sc(CN2CCCCC2)nc1C. The van der Waals surface area contributed by atoms with E-state index in [-0.39, 0.29) is 5.91 Å². The number of rotatable bonds is 4. The molecule has 1 aliphatic rings. The van der Waals surface area contributed by atoms with Crippen LogP contribution in [0.25, 0.3) is 0 Å². The topological polar surface area (TPSA) is 45.2 Å². The molecule has 1 aromatic heterocycles. The van der Waals surface area contributed by atoms with Crippen LogP contribution in [0.2, 0.25) is 5.02 Å². The van der Waals surface area contributed by atoms with E-state index >= 15 is 0 Å². The number of hydrogen-bond acceptors (Lipinski definition) is 4. The van der Waals surface area contributed by atoms with Crippen molar-refractivity contribution in [1.82, 2.24) is 9.88 Å². The predicted molar refractivity (Wildman–Crippen MR) is 100 cm³/mol. The third-order valence-electron chi connectivity index (χ3n) is 4.30. The Balaban J connectivity index is 1.71. The van der Waals surface area contributed by atoms with Gasteiger partial charge < -0.3 is 5.32 Å². The number of anilines is 1. The minimum absolute atomic E-state index is 0.111. The van der Waals surface area contributed by atoms with Crippen LogP contribution in [0.1, 0.15) is 45.2 Å². The number of amides is 1. The first kappa shape index (κ1) is 17.4. The summed E-state index contributed by atoms with van der Waals surface area (Å²) in [5, 5.41) is 4.59. The van der Waals surface area contributed by atoms with Crippen LogP contribution < -0.4 is 5.32 Å². The molecule has 0 unspecified atom stereocenters. The van der Waals surface area contributed by atoms with Gasteiger partial charge >= 0.3 is 0 Å². The summed E-state index contributed by atoms with van der Waals surface area (Å²) in [6, 6.07) is 5.50. The lowest BCUT2D eigenvalue weighted by atomic mass is 10.1. The maximum absolute atomic E-state index is 12.6. The average molecular weight is 364 g/mol. The number of carbonyl (C=O) groups excluding carboxylic acids is 1. The Morgan fingerprint density at radius 3 is 2.79 bits per heavy atom. The fourth-order valence-electron chi connectivity index (χ4n) is 2.95. The Morgan fingerprint density at radius 2 is 2.04 bits per heavy atom. The molecule has 0 saturated carbocycles. The van der Waals surface area contributed by atoms with E-state index in [4.69, 9.17) is 11.6 Å². The molecule has 24 heavy (non-hydrogen) atoms. The van der Waals surface area contributed by atoms with E-state index in [1.165, 1.54) is 30.6 Å². The van der Waals surface area contributed by atoms with E-state index in [0.29, 0.717) is 9.90 Å². The highest BCUT2D eigenvalue weighted by molar-refractivity contribution is 7.13.